The molecule has 2 rings (SSSR count). The molecular weight excluding hydrogens is 248 g/mol. The zero-order valence-corrected chi connectivity index (χ0v) is 14.0. The zero-order chi connectivity index (χ0) is 14.6. The molecule has 118 valence electrons. The Morgan fingerprint density at radius 1 is 1.30 bits per heavy atom. The molecule has 0 aromatic rings. The van der Waals surface area contributed by atoms with Gasteiger partial charge in [0.25, 0.3) is 0 Å². The third-order valence-corrected chi connectivity index (χ3v) is 4.90. The van der Waals surface area contributed by atoms with Crippen molar-refractivity contribution >= 4 is 0 Å². The van der Waals surface area contributed by atoms with Crippen LogP contribution in [0, 0.1) is 11.3 Å². The summed E-state index contributed by atoms with van der Waals surface area (Å²) in [6.07, 6.45) is 6.56. The average molecular weight is 282 g/mol. The highest BCUT2D eigenvalue weighted by molar-refractivity contribution is 4.91. The minimum atomic E-state index is 0.334. The van der Waals surface area contributed by atoms with Gasteiger partial charge in [-0.25, -0.2) is 0 Å². The van der Waals surface area contributed by atoms with Gasteiger partial charge in [0.1, 0.15) is 0 Å². The van der Waals surface area contributed by atoms with Crippen LogP contribution in [0.15, 0.2) is 0 Å². The van der Waals surface area contributed by atoms with Crippen LogP contribution < -0.4 is 5.32 Å². The summed E-state index contributed by atoms with van der Waals surface area (Å²) < 4.78 is 5.83. The summed E-state index contributed by atoms with van der Waals surface area (Å²) >= 11 is 0. The summed E-state index contributed by atoms with van der Waals surface area (Å²) in [7, 11) is 2.29. The Bertz CT molecular complexity index is 283. The molecule has 0 bridgehead atoms. The van der Waals surface area contributed by atoms with E-state index in [0.29, 0.717) is 11.5 Å². The molecule has 1 saturated carbocycles. The fourth-order valence-electron chi connectivity index (χ4n) is 3.43. The van der Waals surface area contributed by atoms with Crippen molar-refractivity contribution in [3.05, 3.63) is 0 Å². The Kier molecular flexibility index (Phi) is 5.88. The van der Waals surface area contributed by atoms with Gasteiger partial charge in [0.05, 0.1) is 6.61 Å². The van der Waals surface area contributed by atoms with E-state index in [4.69, 9.17) is 4.74 Å². The van der Waals surface area contributed by atoms with Gasteiger partial charge in [-0.1, -0.05) is 13.8 Å². The van der Waals surface area contributed by atoms with Crippen molar-refractivity contribution in [2.45, 2.75) is 65.0 Å². The summed E-state index contributed by atoms with van der Waals surface area (Å²) in [4.78, 5) is 2.56. The van der Waals surface area contributed by atoms with Gasteiger partial charge >= 0.3 is 0 Å². The van der Waals surface area contributed by atoms with Crippen molar-refractivity contribution in [3.63, 3.8) is 0 Å². The maximum atomic E-state index is 5.83. The van der Waals surface area contributed by atoms with Gasteiger partial charge in [0.15, 0.2) is 0 Å². The molecule has 1 N–H and O–H groups in total. The van der Waals surface area contributed by atoms with E-state index in [1.165, 1.54) is 38.6 Å². The molecule has 2 atom stereocenters. The Hall–Kier alpha value is -0.120. The highest BCUT2D eigenvalue weighted by Crippen LogP contribution is 2.31. The fraction of sp³-hybridized carbons (Fsp3) is 1.00. The van der Waals surface area contributed by atoms with Gasteiger partial charge in [-0.2, -0.15) is 0 Å². The lowest BCUT2D eigenvalue weighted by Gasteiger charge is -2.42. The van der Waals surface area contributed by atoms with E-state index in [0.717, 1.165) is 31.7 Å². The first-order chi connectivity index (χ1) is 9.51. The number of nitrogens with one attached hydrogen (secondary N) is 1. The van der Waals surface area contributed by atoms with Crippen molar-refractivity contribution in [3.8, 4) is 0 Å². The molecule has 1 heterocycles. The maximum Gasteiger partial charge on any atom is 0.0546 e. The molecule has 3 heteroatoms. The molecule has 0 spiro atoms. The maximum absolute atomic E-state index is 5.83. The largest absolute Gasteiger partial charge is 0.381 e. The lowest BCUT2D eigenvalue weighted by Crippen LogP contribution is -2.50. The summed E-state index contributed by atoms with van der Waals surface area (Å²) in [6.45, 7) is 11.2. The molecule has 1 aliphatic carbocycles. The van der Waals surface area contributed by atoms with Crippen LogP contribution >= 0.6 is 0 Å². The standard InChI is InChI=1S/C17H34N2O/c1-14(2)10-15(3)19(4)12-17(8-5-9-20-13-17)11-18-16-6-7-16/h14-16,18H,5-13H2,1-4H3. The van der Waals surface area contributed by atoms with E-state index < -0.39 is 0 Å². The molecule has 0 aromatic heterocycles. The molecule has 2 fully saturated rings. The van der Waals surface area contributed by atoms with Crippen molar-refractivity contribution in [1.82, 2.24) is 10.2 Å². The first-order valence-corrected chi connectivity index (χ1v) is 8.52. The van der Waals surface area contributed by atoms with Gasteiger partial charge in [-0.3, -0.25) is 0 Å². The van der Waals surface area contributed by atoms with Crippen molar-refractivity contribution in [1.29, 1.82) is 0 Å². The molecule has 0 amide bonds. The highest BCUT2D eigenvalue weighted by atomic mass is 16.5. The van der Waals surface area contributed by atoms with Gasteiger partial charge < -0.3 is 15.0 Å². The highest BCUT2D eigenvalue weighted by Gasteiger charge is 2.36. The molecule has 2 aliphatic rings. The minimum absolute atomic E-state index is 0.334. The van der Waals surface area contributed by atoms with Crippen molar-refractivity contribution in [2.24, 2.45) is 11.3 Å². The van der Waals surface area contributed by atoms with Gasteiger partial charge in [0, 0.05) is 37.2 Å². The number of ether oxygens (including phenoxy) is 1. The predicted octanol–water partition coefficient (Wildman–Crippen LogP) is 2.90. The first-order valence-electron chi connectivity index (χ1n) is 8.52. The molecule has 1 saturated heterocycles. The second-order valence-electron chi connectivity index (χ2n) is 7.70. The van der Waals surface area contributed by atoms with E-state index in [1.54, 1.807) is 0 Å². The van der Waals surface area contributed by atoms with Crippen LogP contribution in [0.5, 0.6) is 0 Å². The SMILES string of the molecule is CC(C)CC(C)N(C)CC1(CNC2CC2)CCCOC1. The Morgan fingerprint density at radius 3 is 2.60 bits per heavy atom. The molecule has 2 unspecified atom stereocenters. The quantitative estimate of drug-likeness (QED) is 0.741. The summed E-state index contributed by atoms with van der Waals surface area (Å²) in [6, 6.07) is 1.46. The van der Waals surface area contributed by atoms with Crippen LogP contribution in [0.2, 0.25) is 0 Å². The van der Waals surface area contributed by atoms with E-state index in [9.17, 15) is 0 Å². The van der Waals surface area contributed by atoms with Crippen LogP contribution in [-0.4, -0.2) is 50.3 Å². The smallest absolute Gasteiger partial charge is 0.0546 e. The third-order valence-electron chi connectivity index (χ3n) is 4.90. The summed E-state index contributed by atoms with van der Waals surface area (Å²) in [5.74, 6) is 0.774. The number of hydrogen-bond donors (Lipinski definition) is 1. The molecule has 0 radical (unpaired) electrons. The third kappa shape index (κ3) is 5.01. The van der Waals surface area contributed by atoms with Crippen LogP contribution in [0.3, 0.4) is 0 Å². The van der Waals surface area contributed by atoms with Crippen molar-refractivity contribution < 1.29 is 4.74 Å². The lowest BCUT2D eigenvalue weighted by molar-refractivity contribution is -0.0285. The van der Waals surface area contributed by atoms with Crippen LogP contribution in [0.25, 0.3) is 0 Å². The zero-order valence-electron chi connectivity index (χ0n) is 14.0. The summed E-state index contributed by atoms with van der Waals surface area (Å²) in [5.41, 5.74) is 0.334. The second-order valence-corrected chi connectivity index (χ2v) is 7.70. The molecule has 20 heavy (non-hydrogen) atoms. The monoisotopic (exact) mass is 282 g/mol. The molecule has 3 nitrogen and oxygen atoms in total. The minimum Gasteiger partial charge on any atom is -0.381 e. The van der Waals surface area contributed by atoms with Crippen LogP contribution in [0.4, 0.5) is 0 Å². The predicted molar refractivity (Wildman–Crippen MR) is 85.1 cm³/mol. The molecule has 0 aromatic carbocycles. The average Bonchev–Trinajstić information content (AvgIpc) is 3.21. The van der Waals surface area contributed by atoms with Gasteiger partial charge in [-0.05, 0) is 52.0 Å². The Morgan fingerprint density at radius 2 is 2.05 bits per heavy atom. The number of rotatable bonds is 8. The van der Waals surface area contributed by atoms with Crippen LogP contribution in [0.1, 0.15) is 52.9 Å². The van der Waals surface area contributed by atoms with Crippen molar-refractivity contribution in [2.75, 3.05) is 33.4 Å². The first kappa shape index (κ1) is 16.3. The fourth-order valence-corrected chi connectivity index (χ4v) is 3.43. The number of nitrogens with zero attached hydrogens (tertiary/aromatic N) is 1. The number of hydrogen-bond acceptors (Lipinski definition) is 3. The normalized spacial score (nSPS) is 29.1. The van der Waals surface area contributed by atoms with Crippen LogP contribution in [-0.2, 0) is 4.74 Å². The van der Waals surface area contributed by atoms with Gasteiger partial charge in [-0.15, -0.1) is 0 Å². The molecular formula is C17H34N2O. The van der Waals surface area contributed by atoms with E-state index in [-0.39, 0.29) is 0 Å². The van der Waals surface area contributed by atoms with E-state index in [2.05, 4.69) is 38.0 Å². The van der Waals surface area contributed by atoms with E-state index in [1.807, 2.05) is 0 Å². The topological polar surface area (TPSA) is 24.5 Å². The lowest BCUT2D eigenvalue weighted by atomic mass is 9.81. The Balaban J connectivity index is 1.87. The summed E-state index contributed by atoms with van der Waals surface area (Å²) in [5, 5.41) is 3.75. The molecule has 1 aliphatic heterocycles. The van der Waals surface area contributed by atoms with Gasteiger partial charge in [0.2, 0.25) is 0 Å². The Labute approximate surface area is 125 Å². The second kappa shape index (κ2) is 7.24. The van der Waals surface area contributed by atoms with E-state index >= 15 is 0 Å².